The van der Waals surface area contributed by atoms with Gasteiger partial charge in [-0.2, -0.15) is 0 Å². The molecular weight excluding hydrogens is 246 g/mol. The minimum absolute atomic E-state index is 0.0839. The molecule has 5 heteroatoms. The summed E-state index contributed by atoms with van der Waals surface area (Å²) < 4.78 is 0. The number of aliphatic carboxylic acids is 1. The Kier molecular flexibility index (Phi) is 3.65. The standard InChI is InChI=1S/C14H21NO4/c1-3-9(2)10-4-11-6-14(7-13(16)17,8-15(18)19)12(11)5-10/h5,9,11-12H,3-4,6-8H2,1-2H3,(H,16,17)/t9?,11-,12-,14-/m0/s1. The van der Waals surface area contributed by atoms with Gasteiger partial charge < -0.3 is 5.11 Å². The molecule has 1 N–H and O–H groups in total. The van der Waals surface area contributed by atoms with E-state index in [9.17, 15) is 14.9 Å². The van der Waals surface area contributed by atoms with Crippen LogP contribution < -0.4 is 0 Å². The van der Waals surface area contributed by atoms with Gasteiger partial charge in [0.2, 0.25) is 6.54 Å². The molecule has 0 radical (unpaired) electrons. The molecule has 5 nitrogen and oxygen atoms in total. The van der Waals surface area contributed by atoms with Crippen molar-refractivity contribution in [2.24, 2.45) is 23.2 Å². The summed E-state index contributed by atoms with van der Waals surface area (Å²) in [7, 11) is 0. The molecular formula is C14H21NO4. The third kappa shape index (κ3) is 2.51. The van der Waals surface area contributed by atoms with E-state index in [0.29, 0.717) is 18.3 Å². The van der Waals surface area contributed by atoms with Crippen LogP contribution in [0, 0.1) is 33.3 Å². The molecule has 1 saturated carbocycles. The maximum absolute atomic E-state index is 11.0. The molecule has 0 aromatic carbocycles. The SMILES string of the molecule is CCC(C)C1=C[C@H]2[C@@H](C1)C[C@]2(CC(=O)O)C[N+](=O)[O-]. The van der Waals surface area contributed by atoms with E-state index < -0.39 is 11.4 Å². The summed E-state index contributed by atoms with van der Waals surface area (Å²) in [4.78, 5) is 21.5. The average molecular weight is 267 g/mol. The number of rotatable bonds is 6. The molecule has 2 aliphatic rings. The van der Waals surface area contributed by atoms with Gasteiger partial charge in [0, 0.05) is 4.92 Å². The molecule has 1 unspecified atom stereocenters. The van der Waals surface area contributed by atoms with Crippen LogP contribution in [0.2, 0.25) is 0 Å². The lowest BCUT2D eigenvalue weighted by molar-refractivity contribution is -0.505. The number of fused-ring (bicyclic) bond motifs is 1. The second kappa shape index (κ2) is 4.94. The van der Waals surface area contributed by atoms with Gasteiger partial charge in [0.25, 0.3) is 0 Å². The first-order valence-corrected chi connectivity index (χ1v) is 6.92. The molecule has 0 aromatic rings. The van der Waals surface area contributed by atoms with Crippen molar-refractivity contribution in [3.63, 3.8) is 0 Å². The van der Waals surface area contributed by atoms with E-state index in [1.165, 1.54) is 5.57 Å². The maximum Gasteiger partial charge on any atom is 0.304 e. The Morgan fingerprint density at radius 1 is 1.68 bits per heavy atom. The molecule has 4 atom stereocenters. The highest BCUT2D eigenvalue weighted by Gasteiger charge is 2.58. The van der Waals surface area contributed by atoms with Crippen LogP contribution in [0.1, 0.15) is 39.5 Å². The number of carboxylic acid groups (broad SMARTS) is 1. The predicted octanol–water partition coefficient (Wildman–Crippen LogP) is 2.74. The van der Waals surface area contributed by atoms with Gasteiger partial charge in [-0.05, 0) is 37.0 Å². The van der Waals surface area contributed by atoms with E-state index >= 15 is 0 Å². The molecule has 0 heterocycles. The smallest absolute Gasteiger partial charge is 0.304 e. The second-order valence-electron chi connectivity index (χ2n) is 6.17. The van der Waals surface area contributed by atoms with Crippen LogP contribution in [0.15, 0.2) is 11.6 Å². The zero-order chi connectivity index (χ0) is 14.2. The molecule has 19 heavy (non-hydrogen) atoms. The van der Waals surface area contributed by atoms with Crippen LogP contribution in [-0.4, -0.2) is 22.5 Å². The van der Waals surface area contributed by atoms with Gasteiger partial charge in [-0.25, -0.2) is 0 Å². The van der Waals surface area contributed by atoms with Crippen molar-refractivity contribution in [3.8, 4) is 0 Å². The Morgan fingerprint density at radius 2 is 2.37 bits per heavy atom. The van der Waals surface area contributed by atoms with E-state index in [1.807, 2.05) is 0 Å². The number of allylic oxidation sites excluding steroid dienone is 2. The van der Waals surface area contributed by atoms with Gasteiger partial charge in [-0.1, -0.05) is 25.5 Å². The van der Waals surface area contributed by atoms with Gasteiger partial charge in [0.1, 0.15) is 0 Å². The highest BCUT2D eigenvalue weighted by Crippen LogP contribution is 2.60. The van der Waals surface area contributed by atoms with Gasteiger partial charge in [0.05, 0.1) is 11.8 Å². The lowest BCUT2D eigenvalue weighted by atomic mass is 9.53. The molecule has 0 amide bonds. The maximum atomic E-state index is 11.0. The van der Waals surface area contributed by atoms with Crippen molar-refractivity contribution in [1.29, 1.82) is 0 Å². The van der Waals surface area contributed by atoms with Crippen molar-refractivity contribution < 1.29 is 14.8 Å². The quantitative estimate of drug-likeness (QED) is 0.456. The fraction of sp³-hybridized carbons (Fsp3) is 0.786. The van der Waals surface area contributed by atoms with E-state index in [0.717, 1.165) is 12.8 Å². The molecule has 0 spiro atoms. The first kappa shape index (κ1) is 14.0. The van der Waals surface area contributed by atoms with Crippen molar-refractivity contribution in [1.82, 2.24) is 0 Å². The normalized spacial score (nSPS) is 34.1. The topological polar surface area (TPSA) is 80.4 Å². The van der Waals surface area contributed by atoms with E-state index in [4.69, 9.17) is 5.11 Å². The lowest BCUT2D eigenvalue weighted by Gasteiger charge is -2.48. The van der Waals surface area contributed by atoms with Crippen molar-refractivity contribution in [2.45, 2.75) is 39.5 Å². The van der Waals surface area contributed by atoms with Crippen LogP contribution in [0.5, 0.6) is 0 Å². The third-order valence-corrected chi connectivity index (χ3v) is 4.97. The highest BCUT2D eigenvalue weighted by atomic mass is 16.6. The largest absolute Gasteiger partial charge is 0.481 e. The number of hydrogen-bond acceptors (Lipinski definition) is 3. The van der Waals surface area contributed by atoms with Crippen LogP contribution in [0.25, 0.3) is 0 Å². The first-order valence-electron chi connectivity index (χ1n) is 6.92. The number of carbonyl (C=O) groups is 1. The first-order chi connectivity index (χ1) is 8.88. The monoisotopic (exact) mass is 267 g/mol. The summed E-state index contributed by atoms with van der Waals surface area (Å²) in [5.74, 6) is 0.107. The van der Waals surface area contributed by atoms with Crippen LogP contribution in [0.3, 0.4) is 0 Å². The van der Waals surface area contributed by atoms with E-state index in [-0.39, 0.29) is 23.8 Å². The molecule has 2 rings (SSSR count). The van der Waals surface area contributed by atoms with Crippen LogP contribution >= 0.6 is 0 Å². The minimum Gasteiger partial charge on any atom is -0.481 e. The Bertz CT molecular complexity index is 413. The Balaban J connectivity index is 2.17. The molecule has 1 fully saturated rings. The van der Waals surface area contributed by atoms with Crippen molar-refractivity contribution >= 4 is 5.97 Å². The van der Waals surface area contributed by atoms with Crippen molar-refractivity contribution in [2.75, 3.05) is 6.54 Å². The summed E-state index contributed by atoms with van der Waals surface area (Å²) in [5, 5.41) is 19.9. The Hall–Kier alpha value is -1.39. The number of hydrogen-bond donors (Lipinski definition) is 1. The molecule has 0 aliphatic heterocycles. The fourth-order valence-electron chi connectivity index (χ4n) is 3.84. The molecule has 2 aliphatic carbocycles. The molecule has 0 aromatic heterocycles. The van der Waals surface area contributed by atoms with E-state index in [2.05, 4.69) is 19.9 Å². The highest BCUT2D eigenvalue weighted by molar-refractivity contribution is 5.68. The van der Waals surface area contributed by atoms with Gasteiger partial charge in [-0.15, -0.1) is 0 Å². The van der Waals surface area contributed by atoms with E-state index in [1.54, 1.807) is 0 Å². The predicted molar refractivity (Wildman–Crippen MR) is 70.3 cm³/mol. The summed E-state index contributed by atoms with van der Waals surface area (Å²) >= 11 is 0. The zero-order valence-electron chi connectivity index (χ0n) is 11.5. The van der Waals surface area contributed by atoms with Gasteiger partial charge in [0.15, 0.2) is 0 Å². The summed E-state index contributed by atoms with van der Waals surface area (Å²) in [6.07, 6.45) is 4.81. The van der Waals surface area contributed by atoms with Crippen LogP contribution in [0.4, 0.5) is 0 Å². The lowest BCUT2D eigenvalue weighted by Crippen LogP contribution is -2.50. The second-order valence-corrected chi connectivity index (χ2v) is 6.17. The number of nitrogens with zero attached hydrogens (tertiary/aromatic N) is 1. The minimum atomic E-state index is -0.925. The molecule has 0 saturated heterocycles. The number of carboxylic acids is 1. The van der Waals surface area contributed by atoms with Crippen molar-refractivity contribution in [3.05, 3.63) is 21.8 Å². The zero-order valence-corrected chi connectivity index (χ0v) is 11.5. The Morgan fingerprint density at radius 3 is 2.89 bits per heavy atom. The summed E-state index contributed by atoms with van der Waals surface area (Å²) in [5.41, 5.74) is 0.725. The summed E-state index contributed by atoms with van der Waals surface area (Å²) in [6, 6.07) is 0. The third-order valence-electron chi connectivity index (χ3n) is 4.97. The average Bonchev–Trinajstić information content (AvgIpc) is 2.65. The molecule has 106 valence electrons. The molecule has 0 bridgehead atoms. The van der Waals surface area contributed by atoms with Gasteiger partial charge >= 0.3 is 5.97 Å². The Labute approximate surface area is 112 Å². The van der Waals surface area contributed by atoms with Crippen LogP contribution in [-0.2, 0) is 4.79 Å². The van der Waals surface area contributed by atoms with Gasteiger partial charge in [-0.3, -0.25) is 14.9 Å². The number of nitro groups is 1. The summed E-state index contributed by atoms with van der Waals surface area (Å²) in [6.45, 7) is 4.08. The fourth-order valence-corrected chi connectivity index (χ4v) is 3.84.